The summed E-state index contributed by atoms with van der Waals surface area (Å²) >= 11 is 0. The lowest BCUT2D eigenvalue weighted by Gasteiger charge is -2.12. The van der Waals surface area contributed by atoms with E-state index in [9.17, 15) is 4.79 Å². The minimum absolute atomic E-state index is 0.171. The van der Waals surface area contributed by atoms with Gasteiger partial charge in [0.05, 0.1) is 12.5 Å². The van der Waals surface area contributed by atoms with Crippen molar-refractivity contribution in [1.29, 1.82) is 0 Å². The highest BCUT2D eigenvalue weighted by molar-refractivity contribution is 5.76. The second-order valence-corrected chi connectivity index (χ2v) is 4.63. The summed E-state index contributed by atoms with van der Waals surface area (Å²) in [5.41, 5.74) is 12.2. The van der Waals surface area contributed by atoms with Crippen molar-refractivity contribution in [3.63, 3.8) is 0 Å². The number of rotatable bonds is 7. The van der Waals surface area contributed by atoms with Crippen molar-refractivity contribution in [3.05, 3.63) is 29.8 Å². The van der Waals surface area contributed by atoms with E-state index < -0.39 is 0 Å². The van der Waals surface area contributed by atoms with Gasteiger partial charge in [0.15, 0.2) is 0 Å². The van der Waals surface area contributed by atoms with E-state index in [4.69, 9.17) is 16.2 Å². The number of carbonyl (C=O) groups is 1. The first-order chi connectivity index (χ1) is 8.52. The summed E-state index contributed by atoms with van der Waals surface area (Å²) in [6, 6.07) is 7.96. The zero-order chi connectivity index (χ0) is 13.5. The van der Waals surface area contributed by atoms with Crippen LogP contribution in [0.1, 0.15) is 25.8 Å². The highest BCUT2D eigenvalue weighted by Gasteiger charge is 2.09. The molecular weight excluding hydrogens is 228 g/mol. The molecule has 0 radical (unpaired) electrons. The molecule has 2 atom stereocenters. The van der Waals surface area contributed by atoms with E-state index in [0.717, 1.165) is 24.2 Å². The third kappa shape index (κ3) is 4.75. The molecule has 1 aromatic carbocycles. The Morgan fingerprint density at radius 3 is 2.78 bits per heavy atom. The van der Waals surface area contributed by atoms with Gasteiger partial charge >= 0.3 is 0 Å². The van der Waals surface area contributed by atoms with Gasteiger partial charge in [-0.3, -0.25) is 4.79 Å². The molecule has 0 aliphatic rings. The van der Waals surface area contributed by atoms with Gasteiger partial charge in [-0.05, 0) is 30.5 Å². The van der Waals surface area contributed by atoms with Gasteiger partial charge in [-0.1, -0.05) is 26.0 Å². The minimum Gasteiger partial charge on any atom is -0.493 e. The van der Waals surface area contributed by atoms with Gasteiger partial charge in [0.1, 0.15) is 5.75 Å². The first-order valence-electron chi connectivity index (χ1n) is 6.29. The molecule has 0 saturated carbocycles. The fraction of sp³-hybridized carbons (Fsp3) is 0.500. The number of nitrogens with two attached hydrogens (primary N) is 2. The Morgan fingerprint density at radius 1 is 1.44 bits per heavy atom. The lowest BCUT2D eigenvalue weighted by atomic mass is 10.0. The zero-order valence-corrected chi connectivity index (χ0v) is 11.1. The fourth-order valence-corrected chi connectivity index (χ4v) is 1.51. The van der Waals surface area contributed by atoms with Crippen LogP contribution in [0.4, 0.5) is 0 Å². The van der Waals surface area contributed by atoms with Gasteiger partial charge in [0.2, 0.25) is 5.91 Å². The summed E-state index contributed by atoms with van der Waals surface area (Å²) in [4.78, 5) is 10.9. The Labute approximate surface area is 108 Å². The molecule has 0 spiro atoms. The van der Waals surface area contributed by atoms with Crippen molar-refractivity contribution < 1.29 is 9.53 Å². The van der Waals surface area contributed by atoms with Gasteiger partial charge in [-0.15, -0.1) is 0 Å². The number of hydrogen-bond donors (Lipinski definition) is 2. The average Bonchev–Trinajstić information content (AvgIpc) is 2.36. The molecule has 1 rings (SSSR count). The van der Waals surface area contributed by atoms with Crippen molar-refractivity contribution in [2.75, 3.05) is 6.61 Å². The first-order valence-corrected chi connectivity index (χ1v) is 6.29. The molecule has 4 nitrogen and oxygen atoms in total. The second-order valence-electron chi connectivity index (χ2n) is 4.63. The molecule has 4 N–H and O–H groups in total. The van der Waals surface area contributed by atoms with Crippen LogP contribution in [0, 0.1) is 5.92 Å². The molecule has 0 aliphatic carbocycles. The van der Waals surface area contributed by atoms with Crippen LogP contribution in [-0.4, -0.2) is 18.6 Å². The maximum atomic E-state index is 10.9. The van der Waals surface area contributed by atoms with Crippen molar-refractivity contribution in [1.82, 2.24) is 0 Å². The monoisotopic (exact) mass is 250 g/mol. The van der Waals surface area contributed by atoms with E-state index >= 15 is 0 Å². The quantitative estimate of drug-likeness (QED) is 0.769. The van der Waals surface area contributed by atoms with Crippen LogP contribution < -0.4 is 16.2 Å². The van der Waals surface area contributed by atoms with Gasteiger partial charge in [0, 0.05) is 6.04 Å². The first kappa shape index (κ1) is 14.5. The smallest absolute Gasteiger partial charge is 0.223 e. The Morgan fingerprint density at radius 2 is 2.17 bits per heavy atom. The van der Waals surface area contributed by atoms with Gasteiger partial charge < -0.3 is 16.2 Å². The van der Waals surface area contributed by atoms with E-state index in [1.165, 1.54) is 0 Å². The Balaban J connectivity index is 2.56. The van der Waals surface area contributed by atoms with Crippen LogP contribution >= 0.6 is 0 Å². The summed E-state index contributed by atoms with van der Waals surface area (Å²) in [7, 11) is 0. The molecule has 2 unspecified atom stereocenters. The maximum Gasteiger partial charge on any atom is 0.223 e. The van der Waals surface area contributed by atoms with Crippen LogP contribution in [0.5, 0.6) is 5.75 Å². The van der Waals surface area contributed by atoms with Crippen LogP contribution in [-0.2, 0) is 11.2 Å². The molecule has 4 heteroatoms. The second kappa shape index (κ2) is 7.01. The molecule has 0 aliphatic heterocycles. The normalized spacial score (nSPS) is 13.9. The van der Waals surface area contributed by atoms with Gasteiger partial charge in [-0.2, -0.15) is 0 Å². The zero-order valence-electron chi connectivity index (χ0n) is 11.1. The van der Waals surface area contributed by atoms with Crippen molar-refractivity contribution in [2.24, 2.45) is 17.4 Å². The van der Waals surface area contributed by atoms with Crippen molar-refractivity contribution in [2.45, 2.75) is 32.7 Å². The molecule has 100 valence electrons. The van der Waals surface area contributed by atoms with Crippen LogP contribution in [0.15, 0.2) is 24.3 Å². The molecule has 18 heavy (non-hydrogen) atoms. The van der Waals surface area contributed by atoms with E-state index in [-0.39, 0.29) is 17.9 Å². The predicted molar refractivity (Wildman–Crippen MR) is 72.3 cm³/mol. The highest BCUT2D eigenvalue weighted by atomic mass is 16.5. The fourth-order valence-electron chi connectivity index (χ4n) is 1.51. The van der Waals surface area contributed by atoms with E-state index in [0.29, 0.717) is 6.61 Å². The topological polar surface area (TPSA) is 78.3 Å². The molecule has 1 aromatic rings. The van der Waals surface area contributed by atoms with Crippen LogP contribution in [0.25, 0.3) is 0 Å². The third-order valence-electron chi connectivity index (χ3n) is 2.91. The number of carbonyl (C=O) groups excluding carboxylic acids is 1. The summed E-state index contributed by atoms with van der Waals surface area (Å²) in [5.74, 6) is 0.120. The van der Waals surface area contributed by atoms with Crippen molar-refractivity contribution in [3.8, 4) is 5.75 Å². The Bertz CT molecular complexity index is 393. The number of primary amides is 1. The number of hydrogen-bond acceptors (Lipinski definition) is 3. The highest BCUT2D eigenvalue weighted by Crippen LogP contribution is 2.15. The van der Waals surface area contributed by atoms with Crippen molar-refractivity contribution >= 4 is 5.91 Å². The lowest BCUT2D eigenvalue weighted by Crippen LogP contribution is -2.25. The predicted octanol–water partition coefficient (Wildman–Crippen LogP) is 1.47. The molecule has 0 aromatic heterocycles. The SMILES string of the molecule is CCC(N)Cc1cccc(OCC(C)C(N)=O)c1. The molecule has 0 saturated heterocycles. The summed E-state index contributed by atoms with van der Waals surface area (Å²) in [6.07, 6.45) is 1.78. The largest absolute Gasteiger partial charge is 0.493 e. The number of amides is 1. The molecule has 0 bridgehead atoms. The molecule has 0 fully saturated rings. The van der Waals surface area contributed by atoms with Crippen LogP contribution in [0.2, 0.25) is 0 Å². The number of ether oxygens (including phenoxy) is 1. The van der Waals surface area contributed by atoms with E-state index in [1.807, 2.05) is 24.3 Å². The Hall–Kier alpha value is -1.55. The molecule has 1 amide bonds. The van der Waals surface area contributed by atoms with Crippen LogP contribution in [0.3, 0.4) is 0 Å². The summed E-state index contributed by atoms with van der Waals surface area (Å²) in [5, 5.41) is 0. The average molecular weight is 250 g/mol. The summed E-state index contributed by atoms with van der Waals surface area (Å²) in [6.45, 7) is 4.12. The third-order valence-corrected chi connectivity index (χ3v) is 2.91. The Kier molecular flexibility index (Phi) is 5.65. The standard InChI is InChI=1S/C14H22N2O2/c1-3-12(15)7-11-5-4-6-13(8-11)18-9-10(2)14(16)17/h4-6,8,10,12H,3,7,9,15H2,1-2H3,(H2,16,17). The van der Waals surface area contributed by atoms with Gasteiger partial charge in [0.25, 0.3) is 0 Å². The number of benzene rings is 1. The maximum absolute atomic E-state index is 10.9. The molecular formula is C14H22N2O2. The van der Waals surface area contributed by atoms with E-state index in [1.54, 1.807) is 6.92 Å². The summed E-state index contributed by atoms with van der Waals surface area (Å²) < 4.78 is 5.54. The van der Waals surface area contributed by atoms with Gasteiger partial charge in [-0.25, -0.2) is 0 Å². The minimum atomic E-state index is -0.348. The van der Waals surface area contributed by atoms with E-state index in [2.05, 4.69) is 6.92 Å². The molecule has 0 heterocycles. The lowest BCUT2D eigenvalue weighted by molar-refractivity contribution is -0.122.